The molecule has 4 aromatic carbocycles. The molecule has 118 valence electrons. The predicted octanol–water partition coefficient (Wildman–Crippen LogP) is 6.66. The van der Waals surface area contributed by atoms with Crippen LogP contribution in [0.5, 0.6) is 0 Å². The Morgan fingerprint density at radius 2 is 0.960 bits per heavy atom. The van der Waals surface area contributed by atoms with Crippen LogP contribution >= 0.6 is 0 Å². The van der Waals surface area contributed by atoms with Gasteiger partial charge in [-0.25, -0.2) is 0 Å². The molecule has 25 heavy (non-hydrogen) atoms. The van der Waals surface area contributed by atoms with Crippen molar-refractivity contribution in [2.45, 2.75) is 0 Å². The maximum absolute atomic E-state index is 8.76. The van der Waals surface area contributed by atoms with E-state index in [9.17, 15) is 0 Å². The van der Waals surface area contributed by atoms with E-state index in [1.165, 1.54) is 0 Å². The average Bonchev–Trinajstić information content (AvgIpc) is 3.20. The number of benzene rings is 4. The number of aromatic nitrogens is 1. The van der Waals surface area contributed by atoms with Gasteiger partial charge in [-0.3, -0.25) is 0 Å². The summed E-state index contributed by atoms with van der Waals surface area (Å²) in [6, 6.07) is 17.8. The Labute approximate surface area is 155 Å². The van der Waals surface area contributed by atoms with Crippen LogP contribution in [0.3, 0.4) is 0 Å². The Kier molecular flexibility index (Phi) is 2.08. The molecule has 0 saturated heterocycles. The molecule has 0 spiro atoms. The fourth-order valence-corrected chi connectivity index (χ4v) is 3.00. The first-order chi connectivity index (χ1) is 14.9. The Bertz CT molecular complexity index is 1360. The van der Waals surface area contributed by atoms with Crippen molar-refractivity contribution in [3.8, 4) is 22.3 Å². The molecule has 0 aliphatic carbocycles. The normalized spacial score (nSPS) is 14.6. The second kappa shape index (κ2) is 5.64. The highest BCUT2D eigenvalue weighted by Crippen LogP contribution is 2.32. The molecule has 1 heterocycles. The molecule has 1 N–H and O–H groups in total. The van der Waals surface area contributed by atoms with Gasteiger partial charge in [-0.1, -0.05) is 84.8 Å². The van der Waals surface area contributed by atoms with Crippen molar-refractivity contribution in [1.29, 1.82) is 0 Å². The highest BCUT2D eigenvalue weighted by Gasteiger charge is 2.07. The third-order valence-electron chi connectivity index (χ3n) is 4.25. The fraction of sp³-hybridized carbons (Fsp3) is 0. The van der Waals surface area contributed by atoms with Crippen LogP contribution in [0.25, 0.3) is 44.1 Å². The summed E-state index contributed by atoms with van der Waals surface area (Å²) in [5.74, 6) is 0. The van der Waals surface area contributed by atoms with Gasteiger partial charge in [0.1, 0.15) is 0 Å². The van der Waals surface area contributed by atoms with E-state index in [1.54, 1.807) is 24.3 Å². The van der Waals surface area contributed by atoms with E-state index in [-0.39, 0.29) is 47.0 Å². The summed E-state index contributed by atoms with van der Waals surface area (Å²) < 4.78 is 51.9. The lowest BCUT2D eigenvalue weighted by atomic mass is 10.0. The summed E-state index contributed by atoms with van der Waals surface area (Å²) in [5.41, 5.74) is 2.60. The number of fused-ring (bicyclic) bond motifs is 3. The third kappa shape index (κ3) is 2.41. The van der Waals surface area contributed by atoms with Crippen molar-refractivity contribution in [2.24, 2.45) is 0 Å². The molecule has 0 saturated carbocycles. The van der Waals surface area contributed by atoms with Crippen molar-refractivity contribution in [2.75, 3.05) is 0 Å². The minimum atomic E-state index is -0.115. The summed E-state index contributed by atoms with van der Waals surface area (Å²) in [5, 5.41) is 0.493. The Balaban J connectivity index is 1.94. The van der Waals surface area contributed by atoms with Crippen LogP contribution in [0.4, 0.5) is 0 Å². The molecule has 1 aromatic heterocycles. The van der Waals surface area contributed by atoms with Crippen LogP contribution < -0.4 is 0 Å². The standard InChI is InChI=1S/C24H17N/c1-3-7-17(8-4-1)19-11-13-21-22-14-12-20(18-9-5-2-6-10-18)16-24(22)25-23(21)15-19/h1-16,25H/i11D,12D,13D,14D,15D,16D. The molecule has 5 aromatic rings. The molecule has 0 radical (unpaired) electrons. The van der Waals surface area contributed by atoms with E-state index < -0.39 is 0 Å². The van der Waals surface area contributed by atoms with Gasteiger partial charge in [-0.2, -0.15) is 0 Å². The van der Waals surface area contributed by atoms with E-state index in [2.05, 4.69) is 4.98 Å². The monoisotopic (exact) mass is 325 g/mol. The molecule has 1 nitrogen and oxygen atoms in total. The Hall–Kier alpha value is -3.32. The van der Waals surface area contributed by atoms with Crippen molar-refractivity contribution in [3.63, 3.8) is 0 Å². The summed E-state index contributed by atoms with van der Waals surface area (Å²) in [7, 11) is 0. The molecule has 5 rings (SSSR count). The van der Waals surface area contributed by atoms with Gasteiger partial charge >= 0.3 is 0 Å². The first kappa shape index (κ1) is 9.24. The zero-order valence-corrected chi connectivity index (χ0v) is 13.3. The number of rotatable bonds is 2. The molecule has 0 aliphatic rings. The van der Waals surface area contributed by atoms with E-state index >= 15 is 0 Å². The van der Waals surface area contributed by atoms with E-state index in [4.69, 9.17) is 8.22 Å². The highest BCUT2D eigenvalue weighted by atomic mass is 14.7. The van der Waals surface area contributed by atoms with Crippen molar-refractivity contribution in [1.82, 2.24) is 4.98 Å². The van der Waals surface area contributed by atoms with Crippen LogP contribution in [0.1, 0.15) is 8.22 Å². The second-order valence-corrected chi connectivity index (χ2v) is 5.86. The SMILES string of the molecule is [2H]c1c(-c2ccccc2)c([2H])c2[nH]c3c([2H])c(-c4ccccc4)c([2H])c([2H])c3c2c1[2H]. The predicted molar refractivity (Wildman–Crippen MR) is 107 cm³/mol. The van der Waals surface area contributed by atoms with E-state index in [0.717, 1.165) is 0 Å². The zero-order chi connectivity index (χ0) is 21.9. The second-order valence-electron chi connectivity index (χ2n) is 5.86. The van der Waals surface area contributed by atoms with Crippen molar-refractivity contribution < 1.29 is 8.22 Å². The smallest absolute Gasteiger partial charge is 0.0652 e. The number of nitrogens with one attached hydrogen (secondary N) is 1. The van der Waals surface area contributed by atoms with E-state index in [0.29, 0.717) is 33.3 Å². The molecule has 0 atom stereocenters. The van der Waals surface area contributed by atoms with Crippen LogP contribution in [0.2, 0.25) is 0 Å². The lowest BCUT2D eigenvalue weighted by Gasteiger charge is -2.02. The van der Waals surface area contributed by atoms with E-state index in [1.807, 2.05) is 36.4 Å². The van der Waals surface area contributed by atoms with Gasteiger partial charge in [-0.15, -0.1) is 0 Å². The Morgan fingerprint density at radius 3 is 1.40 bits per heavy atom. The first-order valence-corrected chi connectivity index (χ1v) is 8.07. The van der Waals surface area contributed by atoms with Gasteiger partial charge < -0.3 is 4.98 Å². The number of H-pyrrole nitrogens is 1. The van der Waals surface area contributed by atoms with Gasteiger partial charge in [0.15, 0.2) is 0 Å². The fourth-order valence-electron chi connectivity index (χ4n) is 3.00. The zero-order valence-electron chi connectivity index (χ0n) is 19.3. The summed E-state index contributed by atoms with van der Waals surface area (Å²) in [6.07, 6.45) is 0. The third-order valence-corrected chi connectivity index (χ3v) is 4.25. The molecule has 0 fully saturated rings. The first-order valence-electron chi connectivity index (χ1n) is 11.1. The van der Waals surface area contributed by atoms with Crippen molar-refractivity contribution >= 4 is 21.8 Å². The maximum atomic E-state index is 8.76. The lowest BCUT2D eigenvalue weighted by molar-refractivity contribution is 1.53. The van der Waals surface area contributed by atoms with Gasteiger partial charge in [0, 0.05) is 21.8 Å². The van der Waals surface area contributed by atoms with Crippen LogP contribution in [-0.2, 0) is 0 Å². The summed E-state index contributed by atoms with van der Waals surface area (Å²) in [4.78, 5) is 3.09. The Morgan fingerprint density at radius 1 is 0.520 bits per heavy atom. The molecule has 0 bridgehead atoms. The van der Waals surface area contributed by atoms with Crippen LogP contribution in [-0.4, -0.2) is 4.98 Å². The quantitative estimate of drug-likeness (QED) is 0.374. The van der Waals surface area contributed by atoms with Crippen LogP contribution in [0, 0.1) is 0 Å². The molecule has 0 aliphatic heterocycles. The minimum Gasteiger partial charge on any atom is -0.354 e. The summed E-state index contributed by atoms with van der Waals surface area (Å²) >= 11 is 0. The molecule has 0 unspecified atom stereocenters. The maximum Gasteiger partial charge on any atom is 0.0652 e. The van der Waals surface area contributed by atoms with Gasteiger partial charge in [-0.05, 0) is 34.3 Å². The number of aromatic amines is 1. The molecular formula is C24H17N. The average molecular weight is 325 g/mol. The molecule has 0 amide bonds. The summed E-state index contributed by atoms with van der Waals surface area (Å²) in [6.45, 7) is 0. The van der Waals surface area contributed by atoms with Gasteiger partial charge in [0.05, 0.1) is 8.22 Å². The largest absolute Gasteiger partial charge is 0.354 e. The van der Waals surface area contributed by atoms with Crippen LogP contribution in [0.15, 0.2) is 96.9 Å². The highest BCUT2D eigenvalue weighted by molar-refractivity contribution is 6.09. The molecular weight excluding hydrogens is 302 g/mol. The molecule has 1 heteroatoms. The van der Waals surface area contributed by atoms with Gasteiger partial charge in [0.2, 0.25) is 0 Å². The van der Waals surface area contributed by atoms with Crippen molar-refractivity contribution in [3.05, 3.63) is 96.9 Å². The number of hydrogen-bond donors (Lipinski definition) is 1. The van der Waals surface area contributed by atoms with Gasteiger partial charge in [0.25, 0.3) is 0 Å². The number of hydrogen-bond acceptors (Lipinski definition) is 0. The minimum absolute atomic E-state index is 0.0463. The topological polar surface area (TPSA) is 15.8 Å². The lowest BCUT2D eigenvalue weighted by Crippen LogP contribution is -1.77.